The number of anilines is 1. The van der Waals surface area contributed by atoms with Crippen molar-refractivity contribution in [2.75, 3.05) is 25.5 Å². The number of aromatic nitrogens is 1. The van der Waals surface area contributed by atoms with E-state index in [1.165, 1.54) is 0 Å². The molecule has 0 atom stereocenters. The molecule has 116 valence electrons. The van der Waals surface area contributed by atoms with Crippen LogP contribution in [0.5, 0.6) is 0 Å². The van der Waals surface area contributed by atoms with Gasteiger partial charge in [0, 0.05) is 32.0 Å². The van der Waals surface area contributed by atoms with Crippen molar-refractivity contribution in [2.24, 2.45) is 0 Å². The van der Waals surface area contributed by atoms with Gasteiger partial charge in [-0.1, -0.05) is 0 Å². The Balaban J connectivity index is 2.36. The van der Waals surface area contributed by atoms with Crippen molar-refractivity contribution in [2.45, 2.75) is 26.4 Å². The van der Waals surface area contributed by atoms with Crippen LogP contribution < -0.4 is 16.0 Å². The number of nitrogens with one attached hydrogen (secondary N) is 3. The molecule has 0 bridgehead atoms. The van der Waals surface area contributed by atoms with Crippen molar-refractivity contribution in [3.63, 3.8) is 0 Å². The van der Waals surface area contributed by atoms with Gasteiger partial charge in [0.25, 0.3) is 5.91 Å². The quantitative estimate of drug-likeness (QED) is 0.713. The number of carbonyl (C=O) groups excluding carboxylic acids is 2. The third kappa shape index (κ3) is 6.60. The lowest BCUT2D eigenvalue weighted by Crippen LogP contribution is -2.35. The summed E-state index contributed by atoms with van der Waals surface area (Å²) in [5.41, 5.74) is 0.586. The Hall–Kier alpha value is -2.31. The molecule has 21 heavy (non-hydrogen) atoms. The molecule has 0 aliphatic rings. The van der Waals surface area contributed by atoms with Crippen molar-refractivity contribution >= 4 is 17.7 Å². The summed E-state index contributed by atoms with van der Waals surface area (Å²) in [5, 5.41) is 8.24. The maximum atomic E-state index is 11.4. The molecule has 0 radical (unpaired) electrons. The first-order chi connectivity index (χ1) is 9.81. The van der Waals surface area contributed by atoms with Crippen LogP contribution in [-0.2, 0) is 4.74 Å². The van der Waals surface area contributed by atoms with Gasteiger partial charge in [0.2, 0.25) is 0 Å². The summed E-state index contributed by atoms with van der Waals surface area (Å²) >= 11 is 0. The van der Waals surface area contributed by atoms with Crippen LogP contribution in [0.4, 0.5) is 10.5 Å². The Morgan fingerprint density at radius 1 is 1.29 bits per heavy atom. The molecule has 7 nitrogen and oxygen atoms in total. The van der Waals surface area contributed by atoms with Crippen molar-refractivity contribution in [3.05, 3.63) is 24.0 Å². The molecule has 0 saturated carbocycles. The van der Waals surface area contributed by atoms with E-state index in [-0.39, 0.29) is 5.91 Å². The van der Waals surface area contributed by atoms with Gasteiger partial charge in [-0.3, -0.25) is 9.78 Å². The van der Waals surface area contributed by atoms with E-state index in [0.717, 1.165) is 5.69 Å². The van der Waals surface area contributed by atoms with E-state index in [4.69, 9.17) is 4.74 Å². The Bertz CT molecular complexity index is 497. The van der Waals surface area contributed by atoms with Gasteiger partial charge in [0.05, 0.1) is 0 Å². The zero-order valence-electron chi connectivity index (χ0n) is 12.8. The zero-order chi connectivity index (χ0) is 15.9. The molecule has 0 fully saturated rings. The Morgan fingerprint density at radius 2 is 2.00 bits per heavy atom. The normalized spacial score (nSPS) is 10.7. The molecule has 1 heterocycles. The summed E-state index contributed by atoms with van der Waals surface area (Å²) < 4.78 is 5.11. The van der Waals surface area contributed by atoms with Gasteiger partial charge in [-0.2, -0.15) is 0 Å². The smallest absolute Gasteiger partial charge is 0.407 e. The molecule has 1 aromatic heterocycles. The number of carbonyl (C=O) groups is 2. The van der Waals surface area contributed by atoms with Crippen LogP contribution in [0.1, 0.15) is 31.3 Å². The van der Waals surface area contributed by atoms with Gasteiger partial charge in [-0.15, -0.1) is 0 Å². The fourth-order valence-electron chi connectivity index (χ4n) is 1.48. The molecule has 0 spiro atoms. The van der Waals surface area contributed by atoms with Crippen LogP contribution >= 0.6 is 0 Å². The molecular formula is C14H22N4O3. The topological polar surface area (TPSA) is 92.4 Å². The average Bonchev–Trinajstić information content (AvgIpc) is 2.41. The predicted octanol–water partition coefficient (Wildman–Crippen LogP) is 1.38. The van der Waals surface area contributed by atoms with E-state index in [0.29, 0.717) is 18.8 Å². The molecule has 0 aliphatic carbocycles. The van der Waals surface area contributed by atoms with Gasteiger partial charge in [-0.25, -0.2) is 4.79 Å². The SMILES string of the molecule is CNC(=O)c1cc(NCCNC(=O)OC(C)(C)C)ccn1. The first-order valence-corrected chi connectivity index (χ1v) is 6.70. The van der Waals surface area contributed by atoms with E-state index in [2.05, 4.69) is 20.9 Å². The number of ether oxygens (including phenoxy) is 1. The lowest BCUT2D eigenvalue weighted by Gasteiger charge is -2.19. The highest BCUT2D eigenvalue weighted by molar-refractivity contribution is 5.92. The van der Waals surface area contributed by atoms with Crippen LogP contribution in [0, 0.1) is 0 Å². The molecule has 2 amide bonds. The number of pyridine rings is 1. The molecule has 1 rings (SSSR count). The predicted molar refractivity (Wildman–Crippen MR) is 80.4 cm³/mol. The fourth-order valence-corrected chi connectivity index (χ4v) is 1.48. The zero-order valence-corrected chi connectivity index (χ0v) is 12.8. The second-order valence-electron chi connectivity index (χ2n) is 5.36. The highest BCUT2D eigenvalue weighted by Crippen LogP contribution is 2.08. The van der Waals surface area contributed by atoms with E-state index in [9.17, 15) is 9.59 Å². The monoisotopic (exact) mass is 294 g/mol. The Morgan fingerprint density at radius 3 is 2.62 bits per heavy atom. The van der Waals surface area contributed by atoms with Crippen molar-refractivity contribution in [1.82, 2.24) is 15.6 Å². The number of hydrogen-bond donors (Lipinski definition) is 3. The van der Waals surface area contributed by atoms with Gasteiger partial charge in [0.15, 0.2) is 0 Å². The third-order valence-electron chi connectivity index (χ3n) is 2.34. The van der Waals surface area contributed by atoms with E-state index in [1.807, 2.05) is 20.8 Å². The van der Waals surface area contributed by atoms with Crippen molar-refractivity contribution < 1.29 is 14.3 Å². The molecular weight excluding hydrogens is 272 g/mol. The minimum Gasteiger partial charge on any atom is -0.444 e. The molecule has 1 aromatic rings. The van der Waals surface area contributed by atoms with Gasteiger partial charge in [0.1, 0.15) is 11.3 Å². The summed E-state index contributed by atoms with van der Waals surface area (Å²) in [6.45, 7) is 6.34. The van der Waals surface area contributed by atoms with Gasteiger partial charge < -0.3 is 20.7 Å². The molecule has 3 N–H and O–H groups in total. The lowest BCUT2D eigenvalue weighted by atomic mass is 10.2. The first-order valence-electron chi connectivity index (χ1n) is 6.70. The summed E-state index contributed by atoms with van der Waals surface area (Å²) in [6.07, 6.45) is 1.10. The van der Waals surface area contributed by atoms with Gasteiger partial charge >= 0.3 is 6.09 Å². The number of amides is 2. The second kappa shape index (κ2) is 7.47. The maximum absolute atomic E-state index is 11.4. The summed E-state index contributed by atoms with van der Waals surface area (Å²) in [4.78, 5) is 26.8. The molecule has 0 saturated heterocycles. The minimum atomic E-state index is -0.509. The molecule has 0 aliphatic heterocycles. The number of rotatable bonds is 5. The largest absolute Gasteiger partial charge is 0.444 e. The number of alkyl carbamates (subject to hydrolysis) is 1. The van der Waals surface area contributed by atoms with Crippen LogP contribution in [0.3, 0.4) is 0 Å². The third-order valence-corrected chi connectivity index (χ3v) is 2.34. The fraction of sp³-hybridized carbons (Fsp3) is 0.500. The summed E-state index contributed by atoms with van der Waals surface area (Å²) in [6, 6.07) is 3.40. The number of nitrogens with zero attached hydrogens (tertiary/aromatic N) is 1. The van der Waals surface area contributed by atoms with Crippen LogP contribution in [-0.4, -0.2) is 42.7 Å². The number of hydrogen-bond acceptors (Lipinski definition) is 5. The van der Waals surface area contributed by atoms with E-state index < -0.39 is 11.7 Å². The van der Waals surface area contributed by atoms with Crippen molar-refractivity contribution in [1.29, 1.82) is 0 Å². The van der Waals surface area contributed by atoms with Crippen LogP contribution in [0.15, 0.2) is 18.3 Å². The highest BCUT2D eigenvalue weighted by atomic mass is 16.6. The van der Waals surface area contributed by atoms with E-state index >= 15 is 0 Å². The molecule has 0 unspecified atom stereocenters. The van der Waals surface area contributed by atoms with Crippen LogP contribution in [0.2, 0.25) is 0 Å². The highest BCUT2D eigenvalue weighted by Gasteiger charge is 2.15. The Kier molecular flexibility index (Phi) is 5.95. The Labute approximate surface area is 124 Å². The van der Waals surface area contributed by atoms with E-state index in [1.54, 1.807) is 25.4 Å². The van der Waals surface area contributed by atoms with Crippen LogP contribution in [0.25, 0.3) is 0 Å². The first kappa shape index (κ1) is 16.7. The summed E-state index contributed by atoms with van der Waals surface area (Å²) in [5.74, 6) is -0.245. The standard InChI is InChI=1S/C14H22N4O3/c1-14(2,3)21-13(20)18-8-7-16-10-5-6-17-11(9-10)12(19)15-4/h5-6,9H,7-8H2,1-4H3,(H,15,19)(H,16,17)(H,18,20). The maximum Gasteiger partial charge on any atom is 0.407 e. The lowest BCUT2D eigenvalue weighted by molar-refractivity contribution is 0.0530. The molecule has 0 aromatic carbocycles. The minimum absolute atomic E-state index is 0.245. The summed E-state index contributed by atoms with van der Waals surface area (Å²) in [7, 11) is 1.55. The van der Waals surface area contributed by atoms with Crippen molar-refractivity contribution in [3.8, 4) is 0 Å². The second-order valence-corrected chi connectivity index (χ2v) is 5.36. The average molecular weight is 294 g/mol. The van der Waals surface area contributed by atoms with Gasteiger partial charge in [-0.05, 0) is 32.9 Å². The molecule has 7 heteroatoms.